The van der Waals surface area contributed by atoms with E-state index in [4.69, 9.17) is 10.8 Å². The fourth-order valence-electron chi connectivity index (χ4n) is 2.89. The van der Waals surface area contributed by atoms with E-state index in [9.17, 15) is 14.4 Å². The molecule has 0 bridgehead atoms. The summed E-state index contributed by atoms with van der Waals surface area (Å²) in [6.07, 6.45) is 7.42. The quantitative estimate of drug-likeness (QED) is 0.707. The Hall–Kier alpha value is -2.51. The van der Waals surface area contributed by atoms with Crippen LogP contribution in [0.25, 0.3) is 0 Å². The number of nitrogens with one attached hydrogen (secondary N) is 1. The molecule has 1 aliphatic rings. The first kappa shape index (κ1) is 16.9. The van der Waals surface area contributed by atoms with Gasteiger partial charge in [-0.25, -0.2) is 14.8 Å². The van der Waals surface area contributed by atoms with E-state index in [1.165, 1.54) is 0 Å². The Labute approximate surface area is 133 Å². The molecular formula is C15H20N4O4. The lowest BCUT2D eigenvalue weighted by atomic mass is 9.82. The molecule has 0 radical (unpaired) electrons. The number of nitrogens with two attached hydrogens (primary N) is 1. The van der Waals surface area contributed by atoms with Crippen LogP contribution in [0.4, 0.5) is 0 Å². The zero-order valence-corrected chi connectivity index (χ0v) is 12.7. The molecule has 1 fully saturated rings. The van der Waals surface area contributed by atoms with Crippen molar-refractivity contribution in [2.75, 3.05) is 0 Å². The third-order valence-electron chi connectivity index (χ3n) is 4.06. The smallest absolute Gasteiger partial charge is 0.356 e. The number of carboxylic acids is 1. The monoisotopic (exact) mass is 320 g/mol. The molecule has 124 valence electrons. The largest absolute Gasteiger partial charge is 0.476 e. The van der Waals surface area contributed by atoms with E-state index in [1.54, 1.807) is 0 Å². The second-order valence-corrected chi connectivity index (χ2v) is 5.74. The Morgan fingerprint density at radius 1 is 1.17 bits per heavy atom. The minimum Gasteiger partial charge on any atom is -0.476 e. The van der Waals surface area contributed by atoms with E-state index in [0.29, 0.717) is 0 Å². The van der Waals surface area contributed by atoms with Gasteiger partial charge in [-0.2, -0.15) is 0 Å². The topological polar surface area (TPSA) is 135 Å². The molecule has 1 aliphatic carbocycles. The first-order chi connectivity index (χ1) is 11.0. The van der Waals surface area contributed by atoms with Gasteiger partial charge in [-0.1, -0.05) is 19.3 Å². The standard InChI is InChI=1S/C15H20N4O4/c16-13(20)6-10(9-4-2-1-3-5-9)19-14(21)11-7-18-12(8-17-11)15(22)23/h7-10H,1-6H2,(H2,16,20)(H,19,21)(H,22,23). The molecule has 0 spiro atoms. The Morgan fingerprint density at radius 3 is 2.30 bits per heavy atom. The van der Waals surface area contributed by atoms with Crippen molar-refractivity contribution in [3.63, 3.8) is 0 Å². The van der Waals surface area contributed by atoms with Gasteiger partial charge in [0.1, 0.15) is 5.69 Å². The lowest BCUT2D eigenvalue weighted by Crippen LogP contribution is -2.43. The predicted molar refractivity (Wildman–Crippen MR) is 80.6 cm³/mol. The summed E-state index contributed by atoms with van der Waals surface area (Å²) in [6.45, 7) is 0. The normalized spacial score (nSPS) is 16.5. The van der Waals surface area contributed by atoms with E-state index in [2.05, 4.69) is 15.3 Å². The van der Waals surface area contributed by atoms with Gasteiger partial charge >= 0.3 is 5.97 Å². The van der Waals surface area contributed by atoms with Crippen molar-refractivity contribution in [1.82, 2.24) is 15.3 Å². The highest BCUT2D eigenvalue weighted by Crippen LogP contribution is 2.27. The molecule has 4 N–H and O–H groups in total. The van der Waals surface area contributed by atoms with E-state index >= 15 is 0 Å². The number of nitrogens with zero attached hydrogens (tertiary/aromatic N) is 2. The van der Waals surface area contributed by atoms with Crippen LogP contribution in [0.5, 0.6) is 0 Å². The van der Waals surface area contributed by atoms with Crippen molar-refractivity contribution in [3.05, 3.63) is 23.8 Å². The number of aromatic nitrogens is 2. The number of carbonyl (C=O) groups is 3. The first-order valence-corrected chi connectivity index (χ1v) is 7.62. The summed E-state index contributed by atoms with van der Waals surface area (Å²) in [4.78, 5) is 41.7. The SMILES string of the molecule is NC(=O)CC(NC(=O)c1cnc(C(=O)O)cn1)C1CCCCC1. The number of amides is 2. The molecule has 1 unspecified atom stereocenters. The van der Waals surface area contributed by atoms with Gasteiger partial charge in [0, 0.05) is 12.5 Å². The minimum atomic E-state index is -1.21. The fourth-order valence-corrected chi connectivity index (χ4v) is 2.89. The molecule has 2 rings (SSSR count). The number of carbonyl (C=O) groups excluding carboxylic acids is 2. The van der Waals surface area contributed by atoms with Crippen LogP contribution in [0.2, 0.25) is 0 Å². The van der Waals surface area contributed by atoms with Crippen LogP contribution < -0.4 is 11.1 Å². The zero-order valence-electron chi connectivity index (χ0n) is 12.7. The first-order valence-electron chi connectivity index (χ1n) is 7.62. The molecular weight excluding hydrogens is 300 g/mol. The number of carboxylic acid groups (broad SMARTS) is 1. The van der Waals surface area contributed by atoms with Crippen molar-refractivity contribution in [3.8, 4) is 0 Å². The molecule has 1 atom stereocenters. The summed E-state index contributed by atoms with van der Waals surface area (Å²) >= 11 is 0. The average Bonchev–Trinajstić information content (AvgIpc) is 2.54. The molecule has 1 saturated carbocycles. The molecule has 1 heterocycles. The molecule has 1 aromatic heterocycles. The number of primary amides is 1. The Kier molecular flexibility index (Phi) is 5.61. The second kappa shape index (κ2) is 7.66. The van der Waals surface area contributed by atoms with Gasteiger partial charge in [0.25, 0.3) is 5.91 Å². The van der Waals surface area contributed by atoms with Crippen molar-refractivity contribution < 1.29 is 19.5 Å². The summed E-state index contributed by atoms with van der Waals surface area (Å²) in [7, 11) is 0. The lowest BCUT2D eigenvalue weighted by Gasteiger charge is -2.30. The lowest BCUT2D eigenvalue weighted by molar-refractivity contribution is -0.118. The third kappa shape index (κ3) is 4.73. The Bertz CT molecular complexity index is 582. The highest BCUT2D eigenvalue weighted by Gasteiger charge is 2.27. The highest BCUT2D eigenvalue weighted by molar-refractivity contribution is 5.93. The summed E-state index contributed by atoms with van der Waals surface area (Å²) in [5, 5.41) is 11.6. The average molecular weight is 320 g/mol. The van der Waals surface area contributed by atoms with E-state index in [1.807, 2.05) is 0 Å². The molecule has 2 amide bonds. The molecule has 8 nitrogen and oxygen atoms in total. The van der Waals surface area contributed by atoms with E-state index in [0.717, 1.165) is 44.5 Å². The molecule has 0 aromatic carbocycles. The maximum absolute atomic E-state index is 12.2. The molecule has 23 heavy (non-hydrogen) atoms. The van der Waals surface area contributed by atoms with Crippen LogP contribution >= 0.6 is 0 Å². The van der Waals surface area contributed by atoms with Crippen LogP contribution in [0, 0.1) is 5.92 Å². The molecule has 0 saturated heterocycles. The number of hydrogen-bond donors (Lipinski definition) is 3. The van der Waals surface area contributed by atoms with Gasteiger partial charge in [0.2, 0.25) is 5.91 Å². The second-order valence-electron chi connectivity index (χ2n) is 5.74. The van der Waals surface area contributed by atoms with Crippen molar-refractivity contribution in [1.29, 1.82) is 0 Å². The number of rotatable bonds is 6. The zero-order chi connectivity index (χ0) is 16.8. The summed E-state index contributed by atoms with van der Waals surface area (Å²) in [5.74, 6) is -1.94. The van der Waals surface area contributed by atoms with Crippen LogP contribution in [0.3, 0.4) is 0 Å². The van der Waals surface area contributed by atoms with Crippen LogP contribution in [-0.4, -0.2) is 38.9 Å². The van der Waals surface area contributed by atoms with Gasteiger partial charge in [-0.05, 0) is 18.8 Å². The Balaban J connectivity index is 2.06. The van der Waals surface area contributed by atoms with Crippen LogP contribution in [-0.2, 0) is 4.79 Å². The summed E-state index contributed by atoms with van der Waals surface area (Å²) < 4.78 is 0. The molecule has 0 aliphatic heterocycles. The highest BCUT2D eigenvalue weighted by atomic mass is 16.4. The fraction of sp³-hybridized carbons (Fsp3) is 0.533. The number of aromatic carboxylic acids is 1. The number of hydrogen-bond acceptors (Lipinski definition) is 5. The van der Waals surface area contributed by atoms with Gasteiger partial charge < -0.3 is 16.2 Å². The molecule has 8 heteroatoms. The summed E-state index contributed by atoms with van der Waals surface area (Å²) in [6, 6.07) is -0.332. The van der Waals surface area contributed by atoms with E-state index < -0.39 is 17.8 Å². The predicted octanol–water partition coefficient (Wildman–Crippen LogP) is 0.729. The van der Waals surface area contributed by atoms with E-state index in [-0.39, 0.29) is 29.8 Å². The van der Waals surface area contributed by atoms with Gasteiger partial charge in [0.05, 0.1) is 12.4 Å². The van der Waals surface area contributed by atoms with Gasteiger partial charge in [-0.15, -0.1) is 0 Å². The third-order valence-corrected chi connectivity index (χ3v) is 4.06. The maximum Gasteiger partial charge on any atom is 0.356 e. The minimum absolute atomic E-state index is 0.0141. The summed E-state index contributed by atoms with van der Waals surface area (Å²) in [5.41, 5.74) is 5.06. The van der Waals surface area contributed by atoms with Gasteiger partial charge in [-0.3, -0.25) is 9.59 Å². The van der Waals surface area contributed by atoms with Gasteiger partial charge in [0.15, 0.2) is 5.69 Å². The Morgan fingerprint density at radius 2 is 1.78 bits per heavy atom. The van der Waals surface area contributed by atoms with Crippen LogP contribution in [0.15, 0.2) is 12.4 Å². The molecule has 1 aromatic rings. The van der Waals surface area contributed by atoms with Crippen molar-refractivity contribution >= 4 is 17.8 Å². The van der Waals surface area contributed by atoms with Crippen LogP contribution in [0.1, 0.15) is 59.5 Å². The van der Waals surface area contributed by atoms with Crippen molar-refractivity contribution in [2.45, 2.75) is 44.6 Å². The maximum atomic E-state index is 12.2. The van der Waals surface area contributed by atoms with Crippen molar-refractivity contribution in [2.24, 2.45) is 11.7 Å².